The average molecular weight is 504 g/mol. The van der Waals surface area contributed by atoms with Crippen LogP contribution in [0, 0.1) is 5.92 Å². The van der Waals surface area contributed by atoms with E-state index in [0.29, 0.717) is 19.6 Å². The van der Waals surface area contributed by atoms with Crippen molar-refractivity contribution in [1.29, 1.82) is 0 Å². The number of carbonyl (C=O) groups is 1. The summed E-state index contributed by atoms with van der Waals surface area (Å²) in [4.78, 5) is 14.5. The maximum absolute atomic E-state index is 12.7. The lowest BCUT2D eigenvalue weighted by Gasteiger charge is -2.28. The first-order valence-corrected chi connectivity index (χ1v) is 15.1. The third-order valence-electron chi connectivity index (χ3n) is 6.98. The molecule has 36 heavy (non-hydrogen) atoms. The summed E-state index contributed by atoms with van der Waals surface area (Å²) in [5.41, 5.74) is 0. The van der Waals surface area contributed by atoms with E-state index in [9.17, 15) is 9.82 Å². The van der Waals surface area contributed by atoms with E-state index >= 15 is 0 Å². The Kier molecular flexibility index (Phi) is 11.2. The van der Waals surface area contributed by atoms with E-state index < -0.39 is 14.3 Å². The lowest BCUT2D eigenvalue weighted by atomic mass is 9.85. The molecule has 190 valence electrons. The summed E-state index contributed by atoms with van der Waals surface area (Å²) in [6.45, 7) is 4.66. The van der Waals surface area contributed by atoms with Crippen molar-refractivity contribution in [1.82, 2.24) is 4.81 Å². The fourth-order valence-electron chi connectivity index (χ4n) is 4.81. The van der Waals surface area contributed by atoms with Gasteiger partial charge in [-0.2, -0.15) is 0 Å². The Labute approximate surface area is 218 Å². The summed E-state index contributed by atoms with van der Waals surface area (Å²) in [5, 5.41) is 14.0. The zero-order valence-electron chi connectivity index (χ0n) is 21.9. The maximum Gasteiger partial charge on any atom is 0.376 e. The van der Waals surface area contributed by atoms with Crippen molar-refractivity contribution in [3.05, 3.63) is 91.0 Å². The Morgan fingerprint density at radius 2 is 1.33 bits per heavy atom. The number of hydrogen-bond donors (Lipinski definition) is 1. The van der Waals surface area contributed by atoms with Gasteiger partial charge in [0, 0.05) is 0 Å². The highest BCUT2D eigenvalue weighted by atomic mass is 31.2. The van der Waals surface area contributed by atoms with Crippen LogP contribution in [0.25, 0.3) is 0 Å². The smallest absolute Gasteiger partial charge is 0.376 e. The SMILES string of the molecule is CCOC(=O)C(CCCC[P+](c1ccccc1)(c1ccccc1)c1ccccc1)CCN(C)B(C)O. The third-order valence-corrected chi connectivity index (χ3v) is 11.5. The molecule has 0 spiro atoms. The summed E-state index contributed by atoms with van der Waals surface area (Å²) >= 11 is 0. The van der Waals surface area contributed by atoms with E-state index in [-0.39, 0.29) is 11.9 Å². The summed E-state index contributed by atoms with van der Waals surface area (Å²) < 4.78 is 5.39. The predicted molar refractivity (Wildman–Crippen MR) is 155 cm³/mol. The van der Waals surface area contributed by atoms with Gasteiger partial charge in [-0.1, -0.05) is 54.6 Å². The topological polar surface area (TPSA) is 49.8 Å². The Morgan fingerprint density at radius 3 is 1.75 bits per heavy atom. The normalized spacial score (nSPS) is 12.4. The van der Waals surface area contributed by atoms with Gasteiger partial charge in [-0.15, -0.1) is 0 Å². The summed E-state index contributed by atoms with van der Waals surface area (Å²) in [6, 6.07) is 32.8. The molecule has 0 amide bonds. The lowest BCUT2D eigenvalue weighted by Crippen LogP contribution is -2.35. The van der Waals surface area contributed by atoms with Crippen molar-refractivity contribution >= 4 is 36.2 Å². The number of unbranched alkanes of at least 4 members (excludes halogenated alkanes) is 1. The van der Waals surface area contributed by atoms with Gasteiger partial charge >= 0.3 is 13.0 Å². The molecule has 1 unspecified atom stereocenters. The Bertz CT molecular complexity index is 937. The molecule has 0 bridgehead atoms. The molecule has 0 aliphatic heterocycles. The van der Waals surface area contributed by atoms with Crippen LogP contribution in [0.4, 0.5) is 0 Å². The number of esters is 1. The number of rotatable bonds is 14. The second kappa shape index (κ2) is 14.3. The van der Waals surface area contributed by atoms with Crippen molar-refractivity contribution in [2.24, 2.45) is 5.92 Å². The van der Waals surface area contributed by atoms with Crippen LogP contribution in [0.15, 0.2) is 91.0 Å². The Hall–Kier alpha value is -2.46. The van der Waals surface area contributed by atoms with Crippen molar-refractivity contribution in [2.75, 3.05) is 26.4 Å². The largest absolute Gasteiger partial charge is 0.466 e. The van der Waals surface area contributed by atoms with E-state index in [1.54, 1.807) is 6.82 Å². The van der Waals surface area contributed by atoms with E-state index in [1.165, 1.54) is 15.9 Å². The van der Waals surface area contributed by atoms with Crippen LogP contribution in [-0.2, 0) is 9.53 Å². The number of benzene rings is 3. The van der Waals surface area contributed by atoms with Crippen LogP contribution in [-0.4, -0.2) is 49.2 Å². The number of nitrogens with zero attached hydrogens (tertiary/aromatic N) is 1. The van der Waals surface area contributed by atoms with Gasteiger partial charge in [-0.25, -0.2) is 0 Å². The highest BCUT2D eigenvalue weighted by Crippen LogP contribution is 2.56. The fourth-order valence-corrected chi connectivity index (χ4v) is 9.22. The molecule has 1 atom stereocenters. The standard InChI is InChI=1S/C30H40BNO3P/c1-4-35-30(33)26(23-24-32(3)31(2)34)16-14-15-25-36(27-17-8-5-9-18-27,28-19-10-6-11-20-28)29-21-12-7-13-22-29/h5-13,17-22,26,34H,4,14-16,23-25H2,1-3H3/q+1. The summed E-state index contributed by atoms with van der Waals surface area (Å²) in [5.74, 6) is -0.268. The third kappa shape index (κ3) is 7.29. The quantitative estimate of drug-likeness (QED) is 0.149. The number of carbonyl (C=O) groups excluding carboxylic acids is 1. The van der Waals surface area contributed by atoms with Gasteiger partial charge in [-0.3, -0.25) is 4.79 Å². The number of ether oxygens (including phenoxy) is 1. The molecule has 0 aliphatic rings. The molecule has 3 rings (SSSR count). The highest BCUT2D eigenvalue weighted by Gasteiger charge is 2.44. The lowest BCUT2D eigenvalue weighted by molar-refractivity contribution is -0.148. The predicted octanol–water partition coefficient (Wildman–Crippen LogP) is 4.76. The van der Waals surface area contributed by atoms with E-state index in [2.05, 4.69) is 91.0 Å². The molecule has 0 aliphatic carbocycles. The van der Waals surface area contributed by atoms with Crippen LogP contribution >= 0.6 is 7.26 Å². The molecule has 0 heterocycles. The van der Waals surface area contributed by atoms with Crippen molar-refractivity contribution in [2.45, 2.75) is 39.4 Å². The van der Waals surface area contributed by atoms with Gasteiger partial charge in [0.05, 0.1) is 18.7 Å². The summed E-state index contributed by atoms with van der Waals surface area (Å²) in [7, 11) is -0.498. The molecule has 6 heteroatoms. The number of hydrogen-bond acceptors (Lipinski definition) is 4. The Morgan fingerprint density at radius 1 is 0.861 bits per heavy atom. The summed E-state index contributed by atoms with van der Waals surface area (Å²) in [6.07, 6.45) is 4.51. The van der Waals surface area contributed by atoms with Crippen molar-refractivity contribution in [3.8, 4) is 0 Å². The molecule has 3 aromatic carbocycles. The Balaban J connectivity index is 1.83. The zero-order chi connectivity index (χ0) is 25.8. The second-order valence-corrected chi connectivity index (χ2v) is 13.0. The first kappa shape index (κ1) is 28.1. The van der Waals surface area contributed by atoms with Crippen molar-refractivity contribution in [3.63, 3.8) is 0 Å². The van der Waals surface area contributed by atoms with Gasteiger partial charge in [0.2, 0.25) is 0 Å². The molecule has 0 saturated carbocycles. The van der Waals surface area contributed by atoms with Crippen LogP contribution in [0.2, 0.25) is 6.82 Å². The first-order chi connectivity index (χ1) is 17.5. The van der Waals surface area contributed by atoms with E-state index in [1.807, 2.05) is 18.8 Å². The average Bonchev–Trinajstić information content (AvgIpc) is 2.92. The van der Waals surface area contributed by atoms with Gasteiger partial charge in [-0.05, 0) is 89.4 Å². The minimum absolute atomic E-state index is 0.119. The van der Waals surface area contributed by atoms with Crippen LogP contribution in [0.1, 0.15) is 32.6 Å². The van der Waals surface area contributed by atoms with Crippen LogP contribution < -0.4 is 15.9 Å². The monoisotopic (exact) mass is 504 g/mol. The van der Waals surface area contributed by atoms with Gasteiger partial charge in [0.1, 0.15) is 23.2 Å². The molecule has 4 nitrogen and oxygen atoms in total. The van der Waals surface area contributed by atoms with Crippen LogP contribution in [0.5, 0.6) is 0 Å². The molecular weight excluding hydrogens is 464 g/mol. The molecule has 0 radical (unpaired) electrons. The molecular formula is C30H40BNO3P+. The molecule has 0 saturated heterocycles. The first-order valence-electron chi connectivity index (χ1n) is 13.1. The molecule has 1 N–H and O–H groups in total. The molecule has 0 fully saturated rings. The van der Waals surface area contributed by atoms with E-state index in [4.69, 9.17) is 4.74 Å². The van der Waals surface area contributed by atoms with Gasteiger partial charge in [0.25, 0.3) is 0 Å². The maximum atomic E-state index is 12.7. The minimum atomic E-state index is -1.85. The fraction of sp³-hybridized carbons (Fsp3) is 0.367. The van der Waals surface area contributed by atoms with Gasteiger partial charge < -0.3 is 14.6 Å². The van der Waals surface area contributed by atoms with Crippen LogP contribution in [0.3, 0.4) is 0 Å². The van der Waals surface area contributed by atoms with Crippen molar-refractivity contribution < 1.29 is 14.6 Å². The molecule has 0 aromatic heterocycles. The van der Waals surface area contributed by atoms with E-state index in [0.717, 1.165) is 25.4 Å². The van der Waals surface area contributed by atoms with Gasteiger partial charge in [0.15, 0.2) is 0 Å². The minimum Gasteiger partial charge on any atom is -0.466 e. The molecule has 3 aromatic rings. The zero-order valence-corrected chi connectivity index (χ0v) is 22.8. The second-order valence-electron chi connectivity index (χ2n) is 9.39. The highest BCUT2D eigenvalue weighted by molar-refractivity contribution is 7.95.